The molecule has 0 spiro atoms. The average Bonchev–Trinajstić information content (AvgIpc) is 2.99. The summed E-state index contributed by atoms with van der Waals surface area (Å²) in [5, 5.41) is 11.4. The predicted molar refractivity (Wildman–Crippen MR) is 109 cm³/mol. The van der Waals surface area contributed by atoms with Gasteiger partial charge in [0.25, 0.3) is 5.78 Å². The number of ketones is 1. The van der Waals surface area contributed by atoms with Crippen molar-refractivity contribution in [1.29, 1.82) is 0 Å². The van der Waals surface area contributed by atoms with E-state index >= 15 is 0 Å². The van der Waals surface area contributed by atoms with Crippen molar-refractivity contribution in [3.63, 3.8) is 0 Å². The molecule has 7 heteroatoms. The smallest absolute Gasteiger partial charge is 0.302 e. The number of aliphatic hydroxyl groups excluding tert-OH is 1. The molecule has 29 heavy (non-hydrogen) atoms. The molecule has 1 unspecified atom stereocenters. The first-order chi connectivity index (χ1) is 14.0. The molecule has 1 N–H and O–H groups in total. The van der Waals surface area contributed by atoms with Gasteiger partial charge in [0.1, 0.15) is 5.76 Å². The van der Waals surface area contributed by atoms with Crippen LogP contribution in [0.15, 0.2) is 72.6 Å². The zero-order valence-electron chi connectivity index (χ0n) is 15.4. The van der Waals surface area contributed by atoms with Crippen molar-refractivity contribution < 1.29 is 14.7 Å². The fourth-order valence-corrected chi connectivity index (χ4v) is 3.51. The zero-order chi connectivity index (χ0) is 20.5. The van der Waals surface area contributed by atoms with E-state index in [9.17, 15) is 14.7 Å². The van der Waals surface area contributed by atoms with Crippen LogP contribution >= 0.6 is 11.6 Å². The van der Waals surface area contributed by atoms with Crippen molar-refractivity contribution in [3.8, 4) is 0 Å². The Labute approximate surface area is 172 Å². The monoisotopic (exact) mass is 405 g/mol. The number of Topliss-reactive ketones (excluding diaryl/α,β-unsaturated/α-hetero) is 1. The van der Waals surface area contributed by atoms with Gasteiger partial charge in [-0.15, -0.1) is 0 Å². The zero-order valence-corrected chi connectivity index (χ0v) is 16.2. The van der Waals surface area contributed by atoms with E-state index in [0.29, 0.717) is 16.1 Å². The van der Waals surface area contributed by atoms with Crippen LogP contribution in [0.2, 0.25) is 5.02 Å². The number of halogens is 1. The lowest BCUT2D eigenvalue weighted by Gasteiger charge is -2.23. The Morgan fingerprint density at radius 1 is 1.03 bits per heavy atom. The highest BCUT2D eigenvalue weighted by Crippen LogP contribution is 2.41. The summed E-state index contributed by atoms with van der Waals surface area (Å²) < 4.78 is 0. The molecule has 3 aromatic rings. The molecule has 0 saturated carbocycles. The molecular weight excluding hydrogens is 390 g/mol. The van der Waals surface area contributed by atoms with Gasteiger partial charge in [-0.3, -0.25) is 14.5 Å². The lowest BCUT2D eigenvalue weighted by Crippen LogP contribution is -2.31. The Bertz CT molecular complexity index is 1130. The normalized spacial score (nSPS) is 18.3. The van der Waals surface area contributed by atoms with Crippen molar-refractivity contribution in [2.45, 2.75) is 13.0 Å². The summed E-state index contributed by atoms with van der Waals surface area (Å²) in [7, 11) is 0. The third-order valence-electron chi connectivity index (χ3n) is 4.70. The van der Waals surface area contributed by atoms with Crippen LogP contribution in [-0.2, 0) is 9.59 Å². The third kappa shape index (κ3) is 3.39. The van der Waals surface area contributed by atoms with Crippen LogP contribution in [0.4, 0.5) is 5.95 Å². The maximum atomic E-state index is 12.9. The van der Waals surface area contributed by atoms with Gasteiger partial charge < -0.3 is 5.11 Å². The summed E-state index contributed by atoms with van der Waals surface area (Å²) >= 11 is 6.15. The summed E-state index contributed by atoms with van der Waals surface area (Å²) in [5.41, 5.74) is 1.98. The Balaban J connectivity index is 1.95. The highest BCUT2D eigenvalue weighted by Gasteiger charge is 2.48. The topological polar surface area (TPSA) is 83.4 Å². The van der Waals surface area contributed by atoms with Crippen LogP contribution in [0.1, 0.15) is 22.7 Å². The molecule has 1 aliphatic heterocycles. The second-order valence-corrected chi connectivity index (χ2v) is 7.08. The number of anilines is 1. The van der Waals surface area contributed by atoms with Crippen molar-refractivity contribution in [2.24, 2.45) is 0 Å². The largest absolute Gasteiger partial charge is 0.507 e. The predicted octanol–water partition coefficient (Wildman–Crippen LogP) is 4.06. The van der Waals surface area contributed by atoms with Gasteiger partial charge in [-0.05, 0) is 30.7 Å². The van der Waals surface area contributed by atoms with E-state index in [1.807, 2.05) is 19.1 Å². The van der Waals surface area contributed by atoms with E-state index in [0.717, 1.165) is 5.56 Å². The van der Waals surface area contributed by atoms with E-state index in [1.54, 1.807) is 42.5 Å². The summed E-state index contributed by atoms with van der Waals surface area (Å²) in [6.07, 6.45) is 2.97. The molecule has 1 atom stereocenters. The number of amides is 1. The van der Waals surface area contributed by atoms with Crippen LogP contribution in [-0.4, -0.2) is 26.8 Å². The number of hydrogen-bond acceptors (Lipinski definition) is 5. The molecule has 1 fully saturated rings. The molecule has 1 saturated heterocycles. The maximum Gasteiger partial charge on any atom is 0.302 e. The molecule has 144 valence electrons. The van der Waals surface area contributed by atoms with Gasteiger partial charge in [-0.2, -0.15) is 0 Å². The minimum absolute atomic E-state index is 0.0337. The molecule has 1 aromatic heterocycles. The molecule has 2 heterocycles. The Kier molecular flexibility index (Phi) is 4.86. The molecule has 0 bridgehead atoms. The number of aryl methyl sites for hydroxylation is 1. The molecule has 4 rings (SSSR count). The lowest BCUT2D eigenvalue weighted by molar-refractivity contribution is -0.132. The number of nitrogens with zero attached hydrogens (tertiary/aromatic N) is 3. The molecule has 2 aromatic carbocycles. The summed E-state index contributed by atoms with van der Waals surface area (Å²) in [6, 6.07) is 14.5. The fourth-order valence-electron chi connectivity index (χ4n) is 3.31. The van der Waals surface area contributed by atoms with Gasteiger partial charge in [-0.25, -0.2) is 9.97 Å². The first-order valence-corrected chi connectivity index (χ1v) is 9.25. The average molecular weight is 406 g/mol. The van der Waals surface area contributed by atoms with Crippen molar-refractivity contribution in [3.05, 3.63) is 94.3 Å². The number of carbonyl (C=O) groups excluding carboxylic acids is 2. The molecule has 1 aliphatic rings. The fraction of sp³-hybridized carbons (Fsp3) is 0.0909. The van der Waals surface area contributed by atoms with Crippen molar-refractivity contribution >= 4 is 35.0 Å². The minimum Gasteiger partial charge on any atom is -0.507 e. The minimum atomic E-state index is -0.905. The van der Waals surface area contributed by atoms with Gasteiger partial charge in [-0.1, -0.05) is 53.6 Å². The van der Waals surface area contributed by atoms with Crippen LogP contribution in [0.5, 0.6) is 0 Å². The summed E-state index contributed by atoms with van der Waals surface area (Å²) in [6.45, 7) is 1.92. The number of carbonyl (C=O) groups is 2. The van der Waals surface area contributed by atoms with Gasteiger partial charge in [0.2, 0.25) is 5.95 Å². The van der Waals surface area contributed by atoms with E-state index < -0.39 is 17.7 Å². The van der Waals surface area contributed by atoms with E-state index in [-0.39, 0.29) is 17.3 Å². The molecule has 6 nitrogen and oxygen atoms in total. The molecule has 1 amide bonds. The highest BCUT2D eigenvalue weighted by molar-refractivity contribution is 6.51. The molecular formula is C22H16ClN3O3. The highest BCUT2D eigenvalue weighted by atomic mass is 35.5. The number of aromatic nitrogens is 2. The first-order valence-electron chi connectivity index (χ1n) is 8.88. The van der Waals surface area contributed by atoms with Crippen LogP contribution in [0.25, 0.3) is 5.76 Å². The Hall–Kier alpha value is -3.51. The van der Waals surface area contributed by atoms with E-state index in [1.165, 1.54) is 17.3 Å². The lowest BCUT2D eigenvalue weighted by atomic mass is 9.95. The van der Waals surface area contributed by atoms with Crippen molar-refractivity contribution in [2.75, 3.05) is 4.90 Å². The van der Waals surface area contributed by atoms with Gasteiger partial charge in [0.05, 0.1) is 11.6 Å². The maximum absolute atomic E-state index is 12.9. The second kappa shape index (κ2) is 7.48. The Morgan fingerprint density at radius 2 is 1.72 bits per heavy atom. The van der Waals surface area contributed by atoms with Gasteiger partial charge >= 0.3 is 5.91 Å². The van der Waals surface area contributed by atoms with Crippen LogP contribution in [0, 0.1) is 6.92 Å². The molecule has 0 radical (unpaired) electrons. The van der Waals surface area contributed by atoms with E-state index in [2.05, 4.69) is 9.97 Å². The second-order valence-electron chi connectivity index (χ2n) is 6.64. The van der Waals surface area contributed by atoms with Crippen LogP contribution < -0.4 is 4.90 Å². The number of aliphatic hydroxyl groups is 1. The third-order valence-corrected chi connectivity index (χ3v) is 4.94. The summed E-state index contributed by atoms with van der Waals surface area (Å²) in [4.78, 5) is 35.3. The number of benzene rings is 2. The summed E-state index contributed by atoms with van der Waals surface area (Å²) in [5.74, 6) is -1.80. The van der Waals surface area contributed by atoms with Gasteiger partial charge in [0, 0.05) is 23.0 Å². The number of hydrogen-bond donors (Lipinski definition) is 1. The molecule has 0 aliphatic carbocycles. The van der Waals surface area contributed by atoms with Crippen LogP contribution in [0.3, 0.4) is 0 Å². The van der Waals surface area contributed by atoms with E-state index in [4.69, 9.17) is 11.6 Å². The SMILES string of the molecule is Cc1ccc(/C(O)=C2\C(=O)C(=O)N(c3ncccn3)C2c2cccc(Cl)c2)cc1. The first kappa shape index (κ1) is 18.8. The quantitative estimate of drug-likeness (QED) is 0.403. The van der Waals surface area contributed by atoms with Gasteiger partial charge in [0.15, 0.2) is 0 Å². The standard InChI is InChI=1S/C22H16ClN3O3/c1-13-6-8-14(9-7-13)19(27)17-18(15-4-2-5-16(23)12-15)26(21(29)20(17)28)22-24-10-3-11-25-22/h2-12,18,27H,1H3/b19-17+. The number of rotatable bonds is 3. The van der Waals surface area contributed by atoms with Crippen molar-refractivity contribution in [1.82, 2.24) is 9.97 Å². The Morgan fingerprint density at radius 3 is 2.38 bits per heavy atom.